The molecule has 0 aromatic rings. The average molecular weight is 243 g/mol. The van der Waals surface area contributed by atoms with Crippen molar-refractivity contribution >= 4 is 17.7 Å². The van der Waals surface area contributed by atoms with E-state index in [1.165, 1.54) is 0 Å². The van der Waals surface area contributed by atoms with Crippen LogP contribution in [0.1, 0.15) is 12.8 Å². The van der Waals surface area contributed by atoms with Crippen LogP contribution in [0.5, 0.6) is 0 Å². The lowest BCUT2D eigenvalue weighted by Gasteiger charge is -2.36. The number of carbonyl (C=O) groups is 1. The molecule has 1 N–H and O–H groups in total. The van der Waals surface area contributed by atoms with Crippen LogP contribution in [0, 0.1) is 5.92 Å². The van der Waals surface area contributed by atoms with Gasteiger partial charge in [-0.15, -0.1) is 0 Å². The largest absolute Gasteiger partial charge is 0.462 e. The molecule has 5 heteroatoms. The molecule has 0 aromatic carbocycles. The molecule has 4 atom stereocenters. The number of hydrogen-bond acceptors (Lipinski definition) is 5. The van der Waals surface area contributed by atoms with Crippen LogP contribution in [-0.2, 0) is 9.53 Å². The molecule has 4 nitrogen and oxygen atoms in total. The standard InChI is InChI=1S/C11H17NO3S/c13-8-6-9-7(5-10(14)15-9)11(8)12-1-3-16-4-2-12/h7-9,11,13H,1-6H2/t7-,8-,9-,11?/m0/s1. The maximum atomic E-state index is 11.3. The number of aliphatic hydroxyl groups excluding tert-OH is 1. The SMILES string of the molecule is O=C1C[C@@H]2C(N3CCSCC3)[C@@H](O)C[C@@H]2O1. The van der Waals surface area contributed by atoms with Gasteiger partial charge in [-0.1, -0.05) is 0 Å². The Kier molecular flexibility index (Phi) is 2.85. The van der Waals surface area contributed by atoms with Crippen molar-refractivity contribution in [1.29, 1.82) is 0 Å². The van der Waals surface area contributed by atoms with E-state index in [-0.39, 0.29) is 30.1 Å². The van der Waals surface area contributed by atoms with Crippen molar-refractivity contribution in [2.45, 2.75) is 31.1 Å². The number of carbonyl (C=O) groups excluding carboxylic acids is 1. The molecule has 2 aliphatic heterocycles. The highest BCUT2D eigenvalue weighted by atomic mass is 32.2. The summed E-state index contributed by atoms with van der Waals surface area (Å²) < 4.78 is 5.25. The summed E-state index contributed by atoms with van der Waals surface area (Å²) in [7, 11) is 0. The van der Waals surface area contributed by atoms with Crippen LogP contribution in [0.4, 0.5) is 0 Å². The molecule has 3 fully saturated rings. The van der Waals surface area contributed by atoms with E-state index in [4.69, 9.17) is 4.74 Å². The lowest BCUT2D eigenvalue weighted by molar-refractivity contribution is -0.141. The molecule has 2 heterocycles. The summed E-state index contributed by atoms with van der Waals surface area (Å²) in [6.45, 7) is 2.06. The minimum atomic E-state index is -0.314. The first-order valence-corrected chi connectivity index (χ1v) is 7.10. The second-order valence-corrected chi connectivity index (χ2v) is 6.06. The quantitative estimate of drug-likeness (QED) is 0.662. The van der Waals surface area contributed by atoms with Crippen LogP contribution in [0.3, 0.4) is 0 Å². The van der Waals surface area contributed by atoms with Crippen molar-refractivity contribution < 1.29 is 14.6 Å². The highest BCUT2D eigenvalue weighted by Gasteiger charge is 2.51. The molecule has 2 saturated heterocycles. The summed E-state index contributed by atoms with van der Waals surface area (Å²) in [5, 5.41) is 10.1. The maximum Gasteiger partial charge on any atom is 0.306 e. The molecular formula is C11H17NO3S. The molecule has 1 aliphatic carbocycles. The van der Waals surface area contributed by atoms with E-state index in [1.54, 1.807) is 0 Å². The predicted molar refractivity (Wildman–Crippen MR) is 61.3 cm³/mol. The predicted octanol–water partition coefficient (Wildman–Crippen LogP) is 0.100. The first-order chi connectivity index (χ1) is 7.75. The van der Waals surface area contributed by atoms with Crippen molar-refractivity contribution in [1.82, 2.24) is 4.90 Å². The minimum Gasteiger partial charge on any atom is -0.462 e. The molecule has 0 spiro atoms. The van der Waals surface area contributed by atoms with E-state index >= 15 is 0 Å². The van der Waals surface area contributed by atoms with Crippen LogP contribution in [0.15, 0.2) is 0 Å². The van der Waals surface area contributed by atoms with Gasteiger partial charge >= 0.3 is 5.97 Å². The van der Waals surface area contributed by atoms with E-state index in [2.05, 4.69) is 4.90 Å². The van der Waals surface area contributed by atoms with E-state index in [0.29, 0.717) is 12.8 Å². The summed E-state index contributed by atoms with van der Waals surface area (Å²) >= 11 is 1.96. The van der Waals surface area contributed by atoms with Crippen molar-refractivity contribution in [3.05, 3.63) is 0 Å². The number of aliphatic hydroxyl groups is 1. The van der Waals surface area contributed by atoms with Crippen molar-refractivity contribution in [3.8, 4) is 0 Å². The van der Waals surface area contributed by atoms with Gasteiger partial charge in [-0.25, -0.2) is 0 Å². The molecule has 1 unspecified atom stereocenters. The van der Waals surface area contributed by atoms with Crippen molar-refractivity contribution in [2.75, 3.05) is 24.6 Å². The normalized spacial score (nSPS) is 44.4. The molecule has 0 aromatic heterocycles. The summed E-state index contributed by atoms with van der Waals surface area (Å²) in [5.41, 5.74) is 0. The molecule has 0 amide bonds. The third kappa shape index (κ3) is 1.75. The highest BCUT2D eigenvalue weighted by molar-refractivity contribution is 7.99. The fourth-order valence-corrected chi connectivity index (χ4v) is 4.18. The Morgan fingerprint density at radius 2 is 2.12 bits per heavy atom. The summed E-state index contributed by atoms with van der Waals surface area (Å²) in [5.74, 6) is 2.41. The number of nitrogens with zero attached hydrogens (tertiary/aromatic N) is 1. The van der Waals surface area contributed by atoms with Gasteiger partial charge in [0.05, 0.1) is 12.5 Å². The number of ether oxygens (including phenoxy) is 1. The molecule has 90 valence electrons. The monoisotopic (exact) mass is 243 g/mol. The fourth-order valence-electron chi connectivity index (χ4n) is 3.24. The van der Waals surface area contributed by atoms with Crippen molar-refractivity contribution in [2.24, 2.45) is 5.92 Å². The number of rotatable bonds is 1. The van der Waals surface area contributed by atoms with Gasteiger partial charge in [0.25, 0.3) is 0 Å². The smallest absolute Gasteiger partial charge is 0.306 e. The number of fused-ring (bicyclic) bond motifs is 1. The Hall–Kier alpha value is -0.260. The van der Waals surface area contributed by atoms with E-state index < -0.39 is 0 Å². The summed E-state index contributed by atoms with van der Waals surface area (Å²) in [6.07, 6.45) is 0.786. The topological polar surface area (TPSA) is 49.8 Å². The second-order valence-electron chi connectivity index (χ2n) is 4.84. The number of hydrogen-bond donors (Lipinski definition) is 1. The zero-order valence-corrected chi connectivity index (χ0v) is 9.99. The average Bonchev–Trinajstić information content (AvgIpc) is 2.74. The van der Waals surface area contributed by atoms with Crippen LogP contribution >= 0.6 is 11.8 Å². The fraction of sp³-hybridized carbons (Fsp3) is 0.909. The molecule has 0 radical (unpaired) electrons. The van der Waals surface area contributed by atoms with Crippen LogP contribution < -0.4 is 0 Å². The summed E-state index contributed by atoms with van der Waals surface area (Å²) in [4.78, 5) is 13.6. The van der Waals surface area contributed by atoms with Gasteiger partial charge in [0.15, 0.2) is 0 Å². The van der Waals surface area contributed by atoms with Gasteiger partial charge in [-0.2, -0.15) is 11.8 Å². The lowest BCUT2D eigenvalue weighted by Crippen LogP contribution is -2.48. The molecule has 3 rings (SSSR count). The third-order valence-corrected chi connectivity index (χ3v) is 4.88. The first-order valence-electron chi connectivity index (χ1n) is 5.95. The molecule has 16 heavy (non-hydrogen) atoms. The van der Waals surface area contributed by atoms with Crippen LogP contribution in [-0.4, -0.2) is 58.8 Å². The molecule has 3 aliphatic rings. The van der Waals surface area contributed by atoms with Crippen LogP contribution in [0.25, 0.3) is 0 Å². The van der Waals surface area contributed by atoms with E-state index in [1.807, 2.05) is 11.8 Å². The van der Waals surface area contributed by atoms with Crippen LogP contribution in [0.2, 0.25) is 0 Å². The lowest BCUT2D eigenvalue weighted by atomic mass is 9.98. The molecule has 1 saturated carbocycles. The zero-order valence-electron chi connectivity index (χ0n) is 9.17. The van der Waals surface area contributed by atoms with E-state index in [9.17, 15) is 9.90 Å². The van der Waals surface area contributed by atoms with Gasteiger partial charge < -0.3 is 9.84 Å². The van der Waals surface area contributed by atoms with Gasteiger partial charge in [-0.05, 0) is 0 Å². The Labute approximate surface area is 99.3 Å². The van der Waals surface area contributed by atoms with E-state index in [0.717, 1.165) is 24.6 Å². The first kappa shape index (κ1) is 10.9. The van der Waals surface area contributed by atoms with Gasteiger partial charge in [0.1, 0.15) is 6.10 Å². The maximum absolute atomic E-state index is 11.3. The van der Waals surface area contributed by atoms with Gasteiger partial charge in [-0.3, -0.25) is 9.69 Å². The Balaban J connectivity index is 1.74. The minimum absolute atomic E-state index is 0.0259. The van der Waals surface area contributed by atoms with Crippen molar-refractivity contribution in [3.63, 3.8) is 0 Å². The van der Waals surface area contributed by atoms with Gasteiger partial charge in [0.2, 0.25) is 0 Å². The second kappa shape index (κ2) is 4.20. The number of esters is 1. The molecular weight excluding hydrogens is 226 g/mol. The zero-order chi connectivity index (χ0) is 11.1. The number of thioether (sulfide) groups is 1. The highest BCUT2D eigenvalue weighted by Crippen LogP contribution is 2.40. The van der Waals surface area contributed by atoms with Gasteiger partial charge in [0, 0.05) is 43.0 Å². The summed E-state index contributed by atoms with van der Waals surface area (Å²) in [6, 6.07) is 0.150. The Morgan fingerprint density at radius 3 is 2.88 bits per heavy atom. The third-order valence-electron chi connectivity index (χ3n) is 3.94. The Morgan fingerprint density at radius 1 is 1.38 bits per heavy atom. The Bertz CT molecular complexity index is 293. The molecule has 0 bridgehead atoms.